The van der Waals surface area contributed by atoms with Crippen LogP contribution in [0.2, 0.25) is 0 Å². The van der Waals surface area contributed by atoms with Gasteiger partial charge in [-0.2, -0.15) is 0 Å². The molecule has 1 unspecified atom stereocenters. The molecule has 2 aliphatic heterocycles. The summed E-state index contributed by atoms with van der Waals surface area (Å²) in [4.78, 5) is 61.5. The summed E-state index contributed by atoms with van der Waals surface area (Å²) in [6.07, 6.45) is 0.155. The van der Waals surface area contributed by atoms with E-state index < -0.39 is 29.7 Å². The summed E-state index contributed by atoms with van der Waals surface area (Å²) in [7, 11) is 0. The number of hydrogen-bond acceptors (Lipinski definition) is 6. The fraction of sp³-hybridized carbons (Fsp3) is 0.261. The van der Waals surface area contributed by atoms with E-state index in [1.54, 1.807) is 12.1 Å². The highest BCUT2D eigenvalue weighted by molar-refractivity contribution is 6.24. The Morgan fingerprint density at radius 2 is 1.78 bits per heavy atom. The molecule has 2 aliphatic rings. The quantitative estimate of drug-likeness (QED) is 0.660. The number of imide groups is 2. The first-order chi connectivity index (χ1) is 15.3. The Hall–Kier alpha value is -4.01. The summed E-state index contributed by atoms with van der Waals surface area (Å²) >= 11 is 0. The zero-order chi connectivity index (χ0) is 22.8. The molecule has 2 heterocycles. The predicted molar refractivity (Wildman–Crippen MR) is 111 cm³/mol. The number of rotatable bonds is 6. The molecule has 0 aliphatic carbocycles. The van der Waals surface area contributed by atoms with Gasteiger partial charge < -0.3 is 10.1 Å². The lowest BCUT2D eigenvalue weighted by Gasteiger charge is -2.27. The molecule has 0 spiro atoms. The maximum atomic E-state index is 13.1. The molecule has 2 aromatic rings. The molecular formula is C23H21N3O6. The van der Waals surface area contributed by atoms with Crippen LogP contribution in [0.3, 0.4) is 0 Å². The normalized spacial score (nSPS) is 17.8. The van der Waals surface area contributed by atoms with Gasteiger partial charge >= 0.3 is 0 Å². The van der Waals surface area contributed by atoms with Crippen molar-refractivity contribution < 1.29 is 28.7 Å². The molecule has 1 fully saturated rings. The van der Waals surface area contributed by atoms with Crippen molar-refractivity contribution in [3.8, 4) is 5.75 Å². The van der Waals surface area contributed by atoms with Gasteiger partial charge in [0, 0.05) is 19.9 Å². The maximum absolute atomic E-state index is 13.1. The molecule has 32 heavy (non-hydrogen) atoms. The third kappa shape index (κ3) is 4.09. The number of piperidine rings is 1. The highest BCUT2D eigenvalue weighted by atomic mass is 16.5. The van der Waals surface area contributed by atoms with E-state index in [1.807, 2.05) is 24.3 Å². The first-order valence-electron chi connectivity index (χ1n) is 10.1. The second-order valence-electron chi connectivity index (χ2n) is 7.64. The largest absolute Gasteiger partial charge is 0.488 e. The standard InChI is InChI=1S/C23H21N3O6/c1-13(27)24-11-14-5-7-15(8-6-14)12-32-18-4-2-3-16-20(18)23(31)26(22(16)30)17-9-10-19(28)25-21(17)29/h2-8,17H,9-12H2,1H3,(H,24,27)(H,25,28,29). The van der Waals surface area contributed by atoms with Gasteiger partial charge in [-0.05, 0) is 29.7 Å². The van der Waals surface area contributed by atoms with Crippen LogP contribution in [-0.2, 0) is 27.5 Å². The molecule has 0 saturated carbocycles. The topological polar surface area (TPSA) is 122 Å². The third-order valence-electron chi connectivity index (χ3n) is 5.39. The van der Waals surface area contributed by atoms with Crippen LogP contribution < -0.4 is 15.4 Å². The van der Waals surface area contributed by atoms with Gasteiger partial charge in [-0.1, -0.05) is 30.3 Å². The van der Waals surface area contributed by atoms with Crippen LogP contribution in [0.5, 0.6) is 5.75 Å². The maximum Gasteiger partial charge on any atom is 0.266 e. The molecule has 5 amide bonds. The van der Waals surface area contributed by atoms with E-state index in [0.29, 0.717) is 6.54 Å². The van der Waals surface area contributed by atoms with E-state index in [-0.39, 0.29) is 42.2 Å². The van der Waals surface area contributed by atoms with Crippen LogP contribution in [-0.4, -0.2) is 40.5 Å². The van der Waals surface area contributed by atoms with Crippen LogP contribution in [0.1, 0.15) is 51.6 Å². The van der Waals surface area contributed by atoms with Crippen LogP contribution in [0.15, 0.2) is 42.5 Å². The van der Waals surface area contributed by atoms with Crippen molar-refractivity contribution in [2.45, 2.75) is 39.0 Å². The van der Waals surface area contributed by atoms with Gasteiger partial charge in [-0.3, -0.25) is 34.2 Å². The number of benzene rings is 2. The first kappa shape index (κ1) is 21.2. The van der Waals surface area contributed by atoms with Gasteiger partial charge in [-0.15, -0.1) is 0 Å². The summed E-state index contributed by atoms with van der Waals surface area (Å²) in [6.45, 7) is 2.04. The van der Waals surface area contributed by atoms with Gasteiger partial charge in [-0.25, -0.2) is 0 Å². The number of carbonyl (C=O) groups is 5. The SMILES string of the molecule is CC(=O)NCc1ccc(COc2cccc3c2C(=O)N(C2CCC(=O)NC2=O)C3=O)cc1. The lowest BCUT2D eigenvalue weighted by molar-refractivity contribution is -0.136. The molecule has 0 aromatic heterocycles. The molecule has 1 atom stereocenters. The van der Waals surface area contributed by atoms with Crippen LogP contribution >= 0.6 is 0 Å². The minimum absolute atomic E-state index is 0.0606. The van der Waals surface area contributed by atoms with Crippen molar-refractivity contribution in [3.05, 3.63) is 64.7 Å². The van der Waals surface area contributed by atoms with Crippen molar-refractivity contribution in [1.82, 2.24) is 15.5 Å². The Bertz CT molecular complexity index is 1130. The van der Waals surface area contributed by atoms with Gasteiger partial charge in [0.15, 0.2) is 0 Å². The Balaban J connectivity index is 1.49. The number of hydrogen-bond donors (Lipinski definition) is 2. The van der Waals surface area contributed by atoms with Crippen molar-refractivity contribution >= 4 is 29.5 Å². The van der Waals surface area contributed by atoms with E-state index in [2.05, 4.69) is 10.6 Å². The molecule has 4 rings (SSSR count). The lowest BCUT2D eigenvalue weighted by atomic mass is 10.0. The Kier molecular flexibility index (Phi) is 5.72. The second-order valence-corrected chi connectivity index (χ2v) is 7.64. The molecule has 9 heteroatoms. The number of nitrogens with zero attached hydrogens (tertiary/aromatic N) is 1. The molecule has 2 aromatic carbocycles. The van der Waals surface area contributed by atoms with Crippen molar-refractivity contribution in [3.63, 3.8) is 0 Å². The zero-order valence-electron chi connectivity index (χ0n) is 17.3. The number of ether oxygens (including phenoxy) is 1. The molecule has 164 valence electrons. The predicted octanol–water partition coefficient (Wildman–Crippen LogP) is 1.30. The van der Waals surface area contributed by atoms with Crippen LogP contribution in [0, 0.1) is 0 Å². The van der Waals surface area contributed by atoms with Gasteiger partial charge in [0.2, 0.25) is 17.7 Å². The first-order valence-corrected chi connectivity index (χ1v) is 10.1. The fourth-order valence-electron chi connectivity index (χ4n) is 3.75. The summed E-state index contributed by atoms with van der Waals surface area (Å²) < 4.78 is 5.85. The minimum Gasteiger partial charge on any atom is -0.488 e. The number of amides is 5. The Morgan fingerprint density at radius 3 is 2.47 bits per heavy atom. The summed E-state index contributed by atoms with van der Waals surface area (Å²) in [5.41, 5.74) is 2.06. The summed E-state index contributed by atoms with van der Waals surface area (Å²) in [6, 6.07) is 11.1. The number of nitrogens with one attached hydrogen (secondary N) is 2. The Morgan fingerprint density at radius 1 is 1.06 bits per heavy atom. The minimum atomic E-state index is -1.02. The second kappa shape index (κ2) is 8.62. The van der Waals surface area contributed by atoms with E-state index in [1.165, 1.54) is 13.0 Å². The summed E-state index contributed by atoms with van der Waals surface area (Å²) in [5.74, 6) is -2.13. The highest BCUT2D eigenvalue weighted by Crippen LogP contribution is 2.34. The lowest BCUT2D eigenvalue weighted by Crippen LogP contribution is -2.54. The van der Waals surface area contributed by atoms with Gasteiger partial charge in [0.1, 0.15) is 18.4 Å². The molecule has 9 nitrogen and oxygen atoms in total. The monoisotopic (exact) mass is 435 g/mol. The smallest absolute Gasteiger partial charge is 0.266 e. The van der Waals surface area contributed by atoms with Crippen molar-refractivity contribution in [2.75, 3.05) is 0 Å². The molecule has 0 bridgehead atoms. The number of carbonyl (C=O) groups excluding carboxylic acids is 5. The number of fused-ring (bicyclic) bond motifs is 1. The molecular weight excluding hydrogens is 414 g/mol. The van der Waals surface area contributed by atoms with Crippen molar-refractivity contribution in [2.24, 2.45) is 0 Å². The Labute approximate surface area is 183 Å². The molecule has 0 radical (unpaired) electrons. The van der Waals surface area contributed by atoms with E-state index in [9.17, 15) is 24.0 Å². The highest BCUT2D eigenvalue weighted by Gasteiger charge is 2.45. The zero-order valence-corrected chi connectivity index (χ0v) is 17.3. The van der Waals surface area contributed by atoms with Gasteiger partial charge in [0.25, 0.3) is 11.8 Å². The van der Waals surface area contributed by atoms with Crippen LogP contribution in [0.25, 0.3) is 0 Å². The average molecular weight is 435 g/mol. The fourth-order valence-corrected chi connectivity index (χ4v) is 3.75. The van der Waals surface area contributed by atoms with Crippen molar-refractivity contribution in [1.29, 1.82) is 0 Å². The van der Waals surface area contributed by atoms with E-state index in [0.717, 1.165) is 16.0 Å². The third-order valence-corrected chi connectivity index (χ3v) is 5.39. The van der Waals surface area contributed by atoms with E-state index in [4.69, 9.17) is 4.74 Å². The molecule has 1 saturated heterocycles. The van der Waals surface area contributed by atoms with Crippen LogP contribution in [0.4, 0.5) is 0 Å². The molecule has 2 N–H and O–H groups in total. The average Bonchev–Trinajstić information content (AvgIpc) is 3.02. The van der Waals surface area contributed by atoms with E-state index >= 15 is 0 Å². The van der Waals surface area contributed by atoms with Gasteiger partial charge in [0.05, 0.1) is 11.1 Å². The summed E-state index contributed by atoms with van der Waals surface area (Å²) in [5, 5.41) is 4.90.